The van der Waals surface area contributed by atoms with E-state index in [-0.39, 0.29) is 15.6 Å². The molecule has 0 saturated carbocycles. The monoisotopic (exact) mass is 413 g/mol. The van der Waals surface area contributed by atoms with Gasteiger partial charge in [-0.25, -0.2) is 8.42 Å². The third-order valence-corrected chi connectivity index (χ3v) is 5.22. The molecule has 0 heterocycles. The molecule has 0 amide bonds. The van der Waals surface area contributed by atoms with Crippen molar-refractivity contribution in [1.29, 1.82) is 10.7 Å². The number of esters is 1. The minimum Gasteiger partial charge on any atom is -0.456 e. The fourth-order valence-electron chi connectivity index (χ4n) is 2.05. The van der Waals surface area contributed by atoms with Gasteiger partial charge in [0.15, 0.2) is 12.4 Å². The van der Waals surface area contributed by atoms with Crippen molar-refractivity contribution in [3.63, 3.8) is 0 Å². The molecule has 0 radical (unpaired) electrons. The molecular formula is C17H20ClN3O5S. The SMILES string of the molecule is CC(=N)[C@H](C#N)C(=O)COC(=O)[C@@H](NS(=O)(=O)c1cccc(Cl)c1)C(C)C. The zero-order valence-electron chi connectivity index (χ0n) is 15.0. The van der Waals surface area contributed by atoms with Crippen LogP contribution in [0.25, 0.3) is 0 Å². The zero-order chi connectivity index (χ0) is 20.8. The summed E-state index contributed by atoms with van der Waals surface area (Å²) in [6, 6.07) is 5.94. The molecule has 0 aliphatic rings. The van der Waals surface area contributed by atoms with Gasteiger partial charge in [0.1, 0.15) is 12.0 Å². The van der Waals surface area contributed by atoms with Gasteiger partial charge in [-0.05, 0) is 31.0 Å². The first kappa shape index (κ1) is 22.8. The minimum atomic E-state index is -4.05. The number of carbonyl (C=O) groups excluding carboxylic acids is 2. The van der Waals surface area contributed by atoms with E-state index in [1.807, 2.05) is 0 Å². The maximum absolute atomic E-state index is 12.5. The van der Waals surface area contributed by atoms with Crippen LogP contribution in [0.2, 0.25) is 5.02 Å². The highest BCUT2D eigenvalue weighted by atomic mass is 35.5. The number of nitriles is 1. The summed E-state index contributed by atoms with van der Waals surface area (Å²) in [5.74, 6) is -3.49. The molecule has 0 saturated heterocycles. The van der Waals surface area contributed by atoms with Gasteiger partial charge in [0, 0.05) is 10.7 Å². The molecule has 0 aliphatic carbocycles. The average molecular weight is 414 g/mol. The third-order valence-electron chi connectivity index (χ3n) is 3.55. The standard InChI is InChI=1S/C17H20ClN3O5S/c1-10(2)16(17(23)26-9-15(22)14(8-19)11(3)20)21-27(24,25)13-6-4-5-12(18)7-13/h4-7,10,14,16,20-21H,9H2,1-3H3/t14-,16-/m0/s1. The fraction of sp³-hybridized carbons (Fsp3) is 0.412. The number of nitrogens with zero attached hydrogens (tertiary/aromatic N) is 1. The Bertz CT molecular complexity index is 877. The lowest BCUT2D eigenvalue weighted by molar-refractivity contribution is -0.150. The Morgan fingerprint density at radius 1 is 1.37 bits per heavy atom. The maximum atomic E-state index is 12.5. The number of Topliss-reactive ketones (excluding diaryl/α,β-unsaturated/α-hetero) is 1. The molecule has 0 aromatic heterocycles. The van der Waals surface area contributed by atoms with Gasteiger partial charge in [-0.15, -0.1) is 0 Å². The Labute approximate surface area is 163 Å². The van der Waals surface area contributed by atoms with E-state index < -0.39 is 46.3 Å². The van der Waals surface area contributed by atoms with Crippen LogP contribution in [0, 0.1) is 28.6 Å². The predicted molar refractivity (Wildman–Crippen MR) is 98.9 cm³/mol. The van der Waals surface area contributed by atoms with Crippen molar-refractivity contribution in [2.45, 2.75) is 31.7 Å². The Balaban J connectivity index is 2.90. The smallest absolute Gasteiger partial charge is 0.324 e. The number of ketones is 1. The number of ether oxygens (including phenoxy) is 1. The number of sulfonamides is 1. The fourth-order valence-corrected chi connectivity index (χ4v) is 3.68. The van der Waals surface area contributed by atoms with Crippen LogP contribution in [-0.4, -0.2) is 38.5 Å². The van der Waals surface area contributed by atoms with Crippen LogP contribution >= 0.6 is 11.6 Å². The summed E-state index contributed by atoms with van der Waals surface area (Å²) in [5.41, 5.74) is -0.166. The molecule has 0 spiro atoms. The molecule has 146 valence electrons. The van der Waals surface area contributed by atoms with Crippen molar-refractivity contribution < 1.29 is 22.7 Å². The van der Waals surface area contributed by atoms with Crippen LogP contribution in [0.3, 0.4) is 0 Å². The lowest BCUT2D eigenvalue weighted by Gasteiger charge is -2.21. The largest absolute Gasteiger partial charge is 0.456 e. The third kappa shape index (κ3) is 6.43. The molecule has 1 aromatic carbocycles. The van der Waals surface area contributed by atoms with Crippen LogP contribution in [-0.2, 0) is 24.3 Å². The van der Waals surface area contributed by atoms with Gasteiger partial charge in [0.05, 0.1) is 11.0 Å². The van der Waals surface area contributed by atoms with E-state index >= 15 is 0 Å². The molecule has 0 bridgehead atoms. The van der Waals surface area contributed by atoms with E-state index in [4.69, 9.17) is 27.0 Å². The summed E-state index contributed by atoms with van der Waals surface area (Å²) in [5, 5.41) is 16.5. The summed E-state index contributed by atoms with van der Waals surface area (Å²) in [6.07, 6.45) is 0. The number of carbonyl (C=O) groups is 2. The number of rotatable bonds is 9. The van der Waals surface area contributed by atoms with E-state index in [2.05, 4.69) is 4.72 Å². The Morgan fingerprint density at radius 3 is 2.48 bits per heavy atom. The number of halogens is 1. The molecule has 0 unspecified atom stereocenters. The quantitative estimate of drug-likeness (QED) is 0.468. The van der Waals surface area contributed by atoms with Crippen LogP contribution in [0.15, 0.2) is 29.2 Å². The second-order valence-electron chi connectivity index (χ2n) is 6.12. The maximum Gasteiger partial charge on any atom is 0.324 e. The van der Waals surface area contributed by atoms with Crippen LogP contribution in [0.1, 0.15) is 20.8 Å². The van der Waals surface area contributed by atoms with Crippen molar-refractivity contribution in [1.82, 2.24) is 4.72 Å². The molecule has 8 nitrogen and oxygen atoms in total. The summed E-state index contributed by atoms with van der Waals surface area (Å²) < 4.78 is 32.1. The highest BCUT2D eigenvalue weighted by molar-refractivity contribution is 7.89. The summed E-state index contributed by atoms with van der Waals surface area (Å²) in [6.45, 7) is 3.78. The Morgan fingerprint density at radius 2 is 2.00 bits per heavy atom. The lowest BCUT2D eigenvalue weighted by atomic mass is 10.0. The van der Waals surface area contributed by atoms with Gasteiger partial charge in [0.2, 0.25) is 10.0 Å². The van der Waals surface area contributed by atoms with Crippen LogP contribution in [0.5, 0.6) is 0 Å². The normalized spacial score (nSPS) is 13.5. The van der Waals surface area contributed by atoms with Crippen molar-refractivity contribution in [2.75, 3.05) is 6.61 Å². The van der Waals surface area contributed by atoms with Gasteiger partial charge in [0.25, 0.3) is 0 Å². The molecule has 1 rings (SSSR count). The molecule has 1 aromatic rings. The van der Waals surface area contributed by atoms with E-state index in [1.54, 1.807) is 19.9 Å². The first-order valence-corrected chi connectivity index (χ1v) is 9.77. The highest BCUT2D eigenvalue weighted by Gasteiger charge is 2.31. The van der Waals surface area contributed by atoms with Crippen LogP contribution < -0.4 is 4.72 Å². The summed E-state index contributed by atoms with van der Waals surface area (Å²) in [7, 11) is -4.05. The van der Waals surface area contributed by atoms with Crippen LogP contribution in [0.4, 0.5) is 0 Å². The molecule has 2 N–H and O–H groups in total. The molecule has 0 fully saturated rings. The Kier molecular flexibility index (Phi) is 8.09. The highest BCUT2D eigenvalue weighted by Crippen LogP contribution is 2.17. The zero-order valence-corrected chi connectivity index (χ0v) is 16.6. The molecular weight excluding hydrogens is 394 g/mol. The number of hydrogen-bond donors (Lipinski definition) is 2. The van der Waals surface area contributed by atoms with Crippen molar-refractivity contribution in [3.05, 3.63) is 29.3 Å². The molecule has 2 atom stereocenters. The van der Waals surface area contributed by atoms with Crippen molar-refractivity contribution in [3.8, 4) is 6.07 Å². The Hall–Kier alpha value is -2.28. The van der Waals surface area contributed by atoms with Crippen molar-refractivity contribution >= 4 is 39.1 Å². The number of nitrogens with one attached hydrogen (secondary N) is 2. The topological polar surface area (TPSA) is 137 Å². The summed E-state index contributed by atoms with van der Waals surface area (Å²) >= 11 is 5.80. The van der Waals surface area contributed by atoms with E-state index in [1.165, 1.54) is 31.2 Å². The summed E-state index contributed by atoms with van der Waals surface area (Å²) in [4.78, 5) is 24.0. The predicted octanol–water partition coefficient (Wildman–Crippen LogP) is 1.93. The van der Waals surface area contributed by atoms with Gasteiger partial charge >= 0.3 is 5.97 Å². The lowest BCUT2D eigenvalue weighted by Crippen LogP contribution is -2.45. The van der Waals surface area contributed by atoms with E-state index in [9.17, 15) is 18.0 Å². The van der Waals surface area contributed by atoms with Gasteiger partial charge in [-0.1, -0.05) is 31.5 Å². The first-order valence-electron chi connectivity index (χ1n) is 7.91. The van der Waals surface area contributed by atoms with Gasteiger partial charge in [-0.3, -0.25) is 9.59 Å². The number of benzene rings is 1. The van der Waals surface area contributed by atoms with E-state index in [0.29, 0.717) is 0 Å². The number of hydrogen-bond acceptors (Lipinski definition) is 7. The second-order valence-corrected chi connectivity index (χ2v) is 8.27. The molecule has 27 heavy (non-hydrogen) atoms. The second kappa shape index (κ2) is 9.60. The average Bonchev–Trinajstić information content (AvgIpc) is 2.57. The van der Waals surface area contributed by atoms with E-state index in [0.717, 1.165) is 0 Å². The van der Waals surface area contributed by atoms with Gasteiger partial charge in [-0.2, -0.15) is 9.98 Å². The van der Waals surface area contributed by atoms with Crippen molar-refractivity contribution in [2.24, 2.45) is 11.8 Å². The van der Waals surface area contributed by atoms with Gasteiger partial charge < -0.3 is 10.1 Å². The molecule has 0 aliphatic heterocycles. The first-order chi connectivity index (χ1) is 12.5. The minimum absolute atomic E-state index is 0.117. The molecule has 10 heteroatoms.